The van der Waals surface area contributed by atoms with E-state index in [1.807, 2.05) is 6.07 Å². The molecule has 0 spiro atoms. The number of primary amides is 1. The first-order valence-corrected chi connectivity index (χ1v) is 12.4. The van der Waals surface area contributed by atoms with E-state index in [4.69, 9.17) is 31.0 Å². The van der Waals surface area contributed by atoms with Crippen LogP contribution in [0.5, 0.6) is 5.75 Å². The van der Waals surface area contributed by atoms with Gasteiger partial charge >= 0.3 is 5.97 Å². The zero-order valence-electron chi connectivity index (χ0n) is 20.7. The van der Waals surface area contributed by atoms with Gasteiger partial charge in [-0.3, -0.25) is 4.79 Å². The molecule has 0 saturated carbocycles. The molecule has 194 valence electrons. The molecule has 0 radical (unpaired) electrons. The molecule has 0 aliphatic carbocycles. The lowest BCUT2D eigenvalue weighted by atomic mass is 9.98. The zero-order valence-corrected chi connectivity index (χ0v) is 21.5. The number of carbonyl (C=O) groups is 2. The van der Waals surface area contributed by atoms with E-state index in [1.54, 1.807) is 54.1 Å². The standard InChI is InChI=1S/C27H25N5O5S/c1-32-23(27(35)36-2)22(29)21-20(16-6-8-18(9-7-16)37-11-10-33)19(13-28)26(31-25(21)32)38-14-15-4-3-5-17(12-15)24(30)34/h3-9,12,33H,10-11,14,29H2,1-2H3,(H2,30,34). The highest BCUT2D eigenvalue weighted by atomic mass is 32.2. The van der Waals surface area contributed by atoms with Crippen molar-refractivity contribution >= 4 is 40.4 Å². The average molecular weight is 532 g/mol. The van der Waals surface area contributed by atoms with Crippen LogP contribution >= 0.6 is 11.8 Å². The molecule has 4 aromatic rings. The maximum atomic E-state index is 12.6. The Morgan fingerprint density at radius 1 is 1.21 bits per heavy atom. The molecule has 0 aliphatic rings. The fourth-order valence-corrected chi connectivity index (χ4v) is 5.07. The molecule has 10 nitrogen and oxygen atoms in total. The Morgan fingerprint density at radius 2 is 1.95 bits per heavy atom. The number of hydrogen-bond acceptors (Lipinski definition) is 9. The summed E-state index contributed by atoms with van der Waals surface area (Å²) in [5, 5.41) is 20.2. The lowest BCUT2D eigenvalue weighted by molar-refractivity contribution is 0.0591. The number of methoxy groups -OCH3 is 1. The highest BCUT2D eigenvalue weighted by molar-refractivity contribution is 7.98. The summed E-state index contributed by atoms with van der Waals surface area (Å²) in [5.74, 6) is -0.201. The highest BCUT2D eigenvalue weighted by Crippen LogP contribution is 2.42. The Kier molecular flexibility index (Phi) is 7.85. The lowest BCUT2D eigenvalue weighted by Gasteiger charge is -2.13. The fourth-order valence-electron chi connectivity index (χ4n) is 4.14. The minimum atomic E-state index is -0.627. The maximum absolute atomic E-state index is 12.6. The molecule has 0 bridgehead atoms. The van der Waals surface area contributed by atoms with Crippen molar-refractivity contribution in [2.24, 2.45) is 12.8 Å². The summed E-state index contributed by atoms with van der Waals surface area (Å²) in [7, 11) is 2.92. The van der Waals surface area contributed by atoms with E-state index in [2.05, 4.69) is 6.07 Å². The van der Waals surface area contributed by atoms with Gasteiger partial charge in [-0.1, -0.05) is 24.3 Å². The molecular formula is C27H25N5O5S. The number of thioether (sulfide) groups is 1. The largest absolute Gasteiger partial charge is 0.491 e. The summed E-state index contributed by atoms with van der Waals surface area (Å²) in [4.78, 5) is 28.9. The van der Waals surface area contributed by atoms with Gasteiger partial charge in [0.05, 0.1) is 30.4 Å². The third-order valence-corrected chi connectivity index (χ3v) is 6.95. The van der Waals surface area contributed by atoms with Crippen LogP contribution in [0.1, 0.15) is 32.0 Å². The summed E-state index contributed by atoms with van der Waals surface area (Å²) in [5.41, 5.74) is 15.2. The number of hydrogen-bond donors (Lipinski definition) is 3. The van der Waals surface area contributed by atoms with Crippen LogP contribution in [0.3, 0.4) is 0 Å². The van der Waals surface area contributed by atoms with Crippen LogP contribution in [-0.2, 0) is 17.5 Å². The number of rotatable bonds is 9. The first-order valence-electron chi connectivity index (χ1n) is 11.5. The van der Waals surface area contributed by atoms with Gasteiger partial charge in [-0.15, -0.1) is 11.8 Å². The fraction of sp³-hybridized carbons (Fsp3) is 0.185. The molecule has 38 heavy (non-hydrogen) atoms. The third-order valence-electron chi connectivity index (χ3n) is 5.90. The monoisotopic (exact) mass is 531 g/mol. The topological polar surface area (TPSA) is 166 Å². The molecule has 0 atom stereocenters. The molecule has 0 unspecified atom stereocenters. The van der Waals surface area contributed by atoms with Crippen LogP contribution in [0, 0.1) is 11.3 Å². The minimum Gasteiger partial charge on any atom is -0.491 e. The second-order valence-corrected chi connectivity index (χ2v) is 9.20. The number of benzene rings is 2. The van der Waals surface area contributed by atoms with E-state index in [9.17, 15) is 14.9 Å². The number of nitriles is 1. The normalized spacial score (nSPS) is 10.8. The van der Waals surface area contributed by atoms with Crippen LogP contribution < -0.4 is 16.2 Å². The maximum Gasteiger partial charge on any atom is 0.356 e. The predicted octanol–water partition coefficient (Wildman–Crippen LogP) is 3.24. The van der Waals surface area contributed by atoms with E-state index >= 15 is 0 Å². The van der Waals surface area contributed by atoms with Gasteiger partial charge in [0.2, 0.25) is 5.91 Å². The van der Waals surface area contributed by atoms with Crippen molar-refractivity contribution in [3.05, 3.63) is 70.9 Å². The molecule has 2 heterocycles. The molecule has 0 fully saturated rings. The van der Waals surface area contributed by atoms with Crippen molar-refractivity contribution in [1.82, 2.24) is 9.55 Å². The summed E-state index contributed by atoms with van der Waals surface area (Å²) in [6.07, 6.45) is 0. The zero-order chi connectivity index (χ0) is 27.4. The number of carbonyl (C=O) groups excluding carboxylic acids is 2. The molecule has 2 aromatic heterocycles. The third kappa shape index (κ3) is 5.00. The number of aliphatic hydroxyl groups excluding tert-OH is 1. The van der Waals surface area contributed by atoms with Crippen molar-refractivity contribution in [2.75, 3.05) is 26.1 Å². The number of aromatic nitrogens is 2. The molecule has 0 saturated heterocycles. The molecule has 2 aromatic carbocycles. The Bertz CT molecular complexity index is 1570. The van der Waals surface area contributed by atoms with Crippen LogP contribution in [0.25, 0.3) is 22.2 Å². The summed E-state index contributed by atoms with van der Waals surface area (Å²) < 4.78 is 12.0. The Morgan fingerprint density at radius 3 is 2.58 bits per heavy atom. The quantitative estimate of drug-likeness (QED) is 0.217. The molecular weight excluding hydrogens is 506 g/mol. The van der Waals surface area contributed by atoms with Gasteiger partial charge in [-0.2, -0.15) is 5.26 Å². The van der Waals surface area contributed by atoms with Crippen molar-refractivity contribution in [1.29, 1.82) is 5.26 Å². The van der Waals surface area contributed by atoms with Crippen molar-refractivity contribution in [2.45, 2.75) is 10.8 Å². The van der Waals surface area contributed by atoms with Gasteiger partial charge in [0.25, 0.3) is 0 Å². The Labute approximate surface area is 222 Å². The van der Waals surface area contributed by atoms with Crippen molar-refractivity contribution in [3.8, 4) is 22.9 Å². The van der Waals surface area contributed by atoms with E-state index in [0.717, 1.165) is 5.56 Å². The van der Waals surface area contributed by atoms with Crippen LogP contribution in [0.2, 0.25) is 0 Å². The number of esters is 1. The van der Waals surface area contributed by atoms with E-state index in [-0.39, 0.29) is 30.2 Å². The van der Waals surface area contributed by atoms with Gasteiger partial charge in [0.15, 0.2) is 5.69 Å². The number of nitrogens with two attached hydrogens (primary N) is 2. The first-order chi connectivity index (χ1) is 18.3. The van der Waals surface area contributed by atoms with E-state index in [0.29, 0.717) is 44.3 Å². The number of ether oxygens (including phenoxy) is 2. The van der Waals surface area contributed by atoms with Gasteiger partial charge in [0, 0.05) is 23.9 Å². The second-order valence-electron chi connectivity index (χ2n) is 8.24. The molecule has 1 amide bonds. The molecule has 11 heteroatoms. The van der Waals surface area contributed by atoms with E-state index in [1.165, 1.54) is 18.9 Å². The first kappa shape index (κ1) is 26.5. The molecule has 5 N–H and O–H groups in total. The Balaban J connectivity index is 1.90. The number of nitrogen functional groups attached to an aromatic ring is 1. The number of pyridine rings is 1. The van der Waals surface area contributed by atoms with Crippen LogP contribution in [0.15, 0.2) is 53.6 Å². The van der Waals surface area contributed by atoms with Gasteiger partial charge in [-0.25, -0.2) is 9.78 Å². The smallest absolute Gasteiger partial charge is 0.356 e. The molecule has 0 aliphatic heterocycles. The van der Waals surface area contributed by atoms with Gasteiger partial charge in [-0.05, 0) is 35.4 Å². The van der Waals surface area contributed by atoms with Crippen molar-refractivity contribution < 1.29 is 24.2 Å². The summed E-state index contributed by atoms with van der Waals surface area (Å²) >= 11 is 1.31. The SMILES string of the molecule is COC(=O)c1c(N)c2c(-c3ccc(OCCO)cc3)c(C#N)c(SCc3cccc(C(N)=O)c3)nc2n1C. The lowest BCUT2D eigenvalue weighted by Crippen LogP contribution is -2.10. The summed E-state index contributed by atoms with van der Waals surface area (Å²) in [6.45, 7) is 0.0270. The van der Waals surface area contributed by atoms with E-state index < -0.39 is 11.9 Å². The number of amides is 1. The average Bonchev–Trinajstić information content (AvgIpc) is 3.18. The number of anilines is 1. The number of aryl methyl sites for hydroxylation is 1. The molecule has 4 rings (SSSR count). The van der Waals surface area contributed by atoms with Crippen LogP contribution in [0.4, 0.5) is 5.69 Å². The van der Waals surface area contributed by atoms with Crippen LogP contribution in [-0.4, -0.2) is 46.9 Å². The number of fused-ring (bicyclic) bond motifs is 1. The van der Waals surface area contributed by atoms with Crippen molar-refractivity contribution in [3.63, 3.8) is 0 Å². The number of aliphatic hydroxyl groups is 1. The Hall–Kier alpha value is -4.53. The number of nitrogens with zero attached hydrogens (tertiary/aromatic N) is 3. The highest BCUT2D eigenvalue weighted by Gasteiger charge is 2.27. The van der Waals surface area contributed by atoms with Gasteiger partial charge < -0.3 is 30.6 Å². The minimum absolute atomic E-state index is 0.120. The second kappa shape index (κ2) is 11.2. The van der Waals surface area contributed by atoms with Gasteiger partial charge in [0.1, 0.15) is 29.1 Å². The summed E-state index contributed by atoms with van der Waals surface area (Å²) in [6, 6.07) is 16.2. The predicted molar refractivity (Wildman–Crippen MR) is 144 cm³/mol.